The number of benzene rings is 3. The second-order valence-corrected chi connectivity index (χ2v) is 7.79. The molecule has 32 heavy (non-hydrogen) atoms. The molecule has 0 aromatic heterocycles. The zero-order valence-corrected chi connectivity index (χ0v) is 17.2. The standard InChI is InChI=1S/C26H21N3O3/c30-19-8-6-17(7-9-19)13-24(32)29-26-23(12-16-4-2-1-3-5-16)27-25-21-11-10-20(31)14-18(21)15-22(25)28-26/h1-11,14-15,27,30-31H,12-13H2,(H,29,32). The Kier molecular flexibility index (Phi) is 4.95. The van der Waals surface area contributed by atoms with E-state index in [1.165, 1.54) is 0 Å². The highest BCUT2D eigenvalue weighted by atomic mass is 16.3. The van der Waals surface area contributed by atoms with Crippen molar-refractivity contribution in [3.05, 3.63) is 95.7 Å². The summed E-state index contributed by atoms with van der Waals surface area (Å²) in [5.41, 5.74) is 4.25. The summed E-state index contributed by atoms with van der Waals surface area (Å²) in [7, 11) is 0. The molecule has 3 aromatic rings. The third-order valence-electron chi connectivity index (χ3n) is 5.43. The van der Waals surface area contributed by atoms with Gasteiger partial charge in [0.1, 0.15) is 11.5 Å². The molecular weight excluding hydrogens is 402 g/mol. The summed E-state index contributed by atoms with van der Waals surface area (Å²) in [4.78, 5) is 21.0. The van der Waals surface area contributed by atoms with Crippen LogP contribution in [0.2, 0.25) is 0 Å². The lowest BCUT2D eigenvalue weighted by atomic mass is 10.1. The number of nitrogens with one attached hydrogen (secondary N) is 2. The maximum Gasteiger partial charge on any atom is 0.229 e. The normalized spacial score (nSPS) is 11.1. The Bertz CT molecular complexity index is 1380. The number of anilines is 1. The smallest absolute Gasteiger partial charge is 0.229 e. The second-order valence-electron chi connectivity index (χ2n) is 7.79. The largest absolute Gasteiger partial charge is 0.508 e. The number of aromatic amines is 1. The SMILES string of the molecule is O=C(Cc1ccc(O)cc1)Nc1nc2cc3cc(O)ccc3c-2[nH]c1Cc1ccccc1. The maximum absolute atomic E-state index is 12.8. The predicted molar refractivity (Wildman–Crippen MR) is 124 cm³/mol. The van der Waals surface area contributed by atoms with Crippen LogP contribution in [-0.2, 0) is 17.6 Å². The van der Waals surface area contributed by atoms with Gasteiger partial charge < -0.3 is 20.5 Å². The van der Waals surface area contributed by atoms with Crippen molar-refractivity contribution in [3.63, 3.8) is 0 Å². The molecule has 0 saturated heterocycles. The number of carbonyl (C=O) groups excluding carboxylic acids is 1. The van der Waals surface area contributed by atoms with Gasteiger partial charge in [0.05, 0.1) is 23.5 Å². The van der Waals surface area contributed by atoms with Gasteiger partial charge in [-0.1, -0.05) is 42.5 Å². The molecule has 0 radical (unpaired) electrons. The topological polar surface area (TPSA) is 98.2 Å². The van der Waals surface area contributed by atoms with Crippen molar-refractivity contribution >= 4 is 22.5 Å². The van der Waals surface area contributed by atoms with Crippen LogP contribution in [0.15, 0.2) is 78.9 Å². The van der Waals surface area contributed by atoms with E-state index in [1.54, 1.807) is 36.4 Å². The number of carbonyl (C=O) groups is 1. The van der Waals surface area contributed by atoms with Gasteiger partial charge in [-0.05, 0) is 52.9 Å². The number of aromatic hydroxyl groups is 2. The molecule has 3 aromatic carbocycles. The molecule has 158 valence electrons. The molecule has 1 aliphatic carbocycles. The minimum absolute atomic E-state index is 0.162. The number of aromatic nitrogens is 2. The zero-order chi connectivity index (χ0) is 22.1. The Morgan fingerprint density at radius 1 is 0.875 bits per heavy atom. The molecule has 0 atom stereocenters. The van der Waals surface area contributed by atoms with Crippen molar-refractivity contribution < 1.29 is 15.0 Å². The number of nitrogens with zero attached hydrogens (tertiary/aromatic N) is 1. The van der Waals surface area contributed by atoms with E-state index in [-0.39, 0.29) is 23.8 Å². The number of phenols is 2. The number of hydrogen-bond acceptors (Lipinski definition) is 4. The van der Waals surface area contributed by atoms with Gasteiger partial charge in [0.15, 0.2) is 5.82 Å². The summed E-state index contributed by atoms with van der Waals surface area (Å²) >= 11 is 0. The monoisotopic (exact) mass is 423 g/mol. The number of rotatable bonds is 5. The van der Waals surface area contributed by atoms with Crippen LogP contribution < -0.4 is 5.32 Å². The summed E-state index contributed by atoms with van der Waals surface area (Å²) in [6.45, 7) is 0. The molecule has 2 aliphatic rings. The van der Waals surface area contributed by atoms with Crippen molar-refractivity contribution in [1.82, 2.24) is 9.97 Å². The summed E-state index contributed by atoms with van der Waals surface area (Å²) < 4.78 is 0. The second kappa shape index (κ2) is 8.07. The minimum Gasteiger partial charge on any atom is -0.508 e. The van der Waals surface area contributed by atoms with E-state index in [0.29, 0.717) is 17.9 Å². The Labute approximate surface area is 184 Å². The molecule has 0 saturated carbocycles. The van der Waals surface area contributed by atoms with E-state index in [4.69, 9.17) is 4.98 Å². The number of amides is 1. The number of phenolic OH excluding ortho intramolecular Hbond substituents is 2. The fourth-order valence-corrected chi connectivity index (χ4v) is 3.88. The lowest BCUT2D eigenvalue weighted by Gasteiger charge is -2.14. The molecule has 0 unspecified atom stereocenters. The maximum atomic E-state index is 12.8. The van der Waals surface area contributed by atoms with E-state index >= 15 is 0 Å². The van der Waals surface area contributed by atoms with E-state index in [2.05, 4.69) is 10.3 Å². The molecule has 6 nitrogen and oxygen atoms in total. The fraction of sp³-hybridized carbons (Fsp3) is 0.0769. The Hall–Kier alpha value is -4.32. The first-order valence-electron chi connectivity index (χ1n) is 10.3. The zero-order valence-electron chi connectivity index (χ0n) is 17.2. The van der Waals surface area contributed by atoms with Gasteiger partial charge in [0.2, 0.25) is 5.91 Å². The highest BCUT2D eigenvalue weighted by Crippen LogP contribution is 2.35. The molecule has 5 rings (SSSR count). The van der Waals surface area contributed by atoms with Crippen molar-refractivity contribution in [2.24, 2.45) is 0 Å². The number of H-pyrrole nitrogens is 1. The first-order chi connectivity index (χ1) is 15.5. The summed E-state index contributed by atoms with van der Waals surface area (Å²) in [6.07, 6.45) is 0.741. The first-order valence-corrected chi connectivity index (χ1v) is 10.3. The fourth-order valence-electron chi connectivity index (χ4n) is 3.88. The van der Waals surface area contributed by atoms with Gasteiger partial charge in [0.25, 0.3) is 0 Å². The Balaban J connectivity index is 1.53. The van der Waals surface area contributed by atoms with E-state index in [0.717, 1.165) is 33.3 Å². The van der Waals surface area contributed by atoms with Crippen molar-refractivity contribution in [3.8, 4) is 22.9 Å². The van der Waals surface area contributed by atoms with Crippen LogP contribution in [0.3, 0.4) is 0 Å². The molecule has 1 heterocycles. The number of fused-ring (bicyclic) bond motifs is 3. The summed E-state index contributed by atoms with van der Waals surface area (Å²) in [5.74, 6) is 0.638. The molecule has 0 spiro atoms. The average Bonchev–Trinajstić information content (AvgIpc) is 3.12. The van der Waals surface area contributed by atoms with Gasteiger partial charge in [-0.2, -0.15) is 0 Å². The summed E-state index contributed by atoms with van der Waals surface area (Å²) in [6, 6.07) is 23.6. The van der Waals surface area contributed by atoms with Crippen molar-refractivity contribution in [1.29, 1.82) is 0 Å². The molecule has 1 aliphatic heterocycles. The van der Waals surface area contributed by atoms with Crippen LogP contribution in [0.25, 0.3) is 22.2 Å². The molecule has 4 N–H and O–H groups in total. The van der Waals surface area contributed by atoms with Crippen LogP contribution in [-0.4, -0.2) is 26.1 Å². The van der Waals surface area contributed by atoms with Gasteiger partial charge in [-0.25, -0.2) is 4.98 Å². The van der Waals surface area contributed by atoms with E-state index < -0.39 is 0 Å². The lowest BCUT2D eigenvalue weighted by Crippen LogP contribution is -2.18. The molecular formula is C26H21N3O3. The third-order valence-corrected chi connectivity index (χ3v) is 5.43. The third kappa shape index (κ3) is 3.98. The van der Waals surface area contributed by atoms with Gasteiger partial charge in [-0.15, -0.1) is 0 Å². The van der Waals surface area contributed by atoms with Crippen LogP contribution >= 0.6 is 0 Å². The molecule has 0 bridgehead atoms. The molecule has 6 heteroatoms. The minimum atomic E-state index is -0.195. The highest BCUT2D eigenvalue weighted by molar-refractivity contribution is 6.01. The van der Waals surface area contributed by atoms with E-state index in [9.17, 15) is 15.0 Å². The highest BCUT2D eigenvalue weighted by Gasteiger charge is 2.18. The average molecular weight is 423 g/mol. The quantitative estimate of drug-likeness (QED) is 0.325. The summed E-state index contributed by atoms with van der Waals surface area (Å²) in [5, 5.41) is 24.1. The van der Waals surface area contributed by atoms with Crippen LogP contribution in [0.1, 0.15) is 16.8 Å². The van der Waals surface area contributed by atoms with Crippen molar-refractivity contribution in [2.75, 3.05) is 5.32 Å². The lowest BCUT2D eigenvalue weighted by molar-refractivity contribution is -0.115. The molecule has 0 fully saturated rings. The van der Waals surface area contributed by atoms with Crippen LogP contribution in [0.4, 0.5) is 5.82 Å². The first kappa shape index (κ1) is 19.6. The van der Waals surface area contributed by atoms with Crippen LogP contribution in [0.5, 0.6) is 11.5 Å². The predicted octanol–water partition coefficient (Wildman–Crippen LogP) is 4.85. The van der Waals surface area contributed by atoms with Gasteiger partial charge in [-0.3, -0.25) is 4.79 Å². The number of hydrogen-bond donors (Lipinski definition) is 4. The van der Waals surface area contributed by atoms with Crippen molar-refractivity contribution in [2.45, 2.75) is 12.8 Å². The molecule has 1 amide bonds. The Morgan fingerprint density at radius 3 is 2.41 bits per heavy atom. The van der Waals surface area contributed by atoms with E-state index in [1.807, 2.05) is 42.5 Å². The Morgan fingerprint density at radius 2 is 1.62 bits per heavy atom. The van der Waals surface area contributed by atoms with Gasteiger partial charge >= 0.3 is 0 Å². The van der Waals surface area contributed by atoms with Crippen LogP contribution in [0, 0.1) is 0 Å². The van der Waals surface area contributed by atoms with Gasteiger partial charge in [0, 0.05) is 11.8 Å².